The van der Waals surface area contributed by atoms with E-state index in [0.29, 0.717) is 6.42 Å². The lowest BCUT2D eigenvalue weighted by Gasteiger charge is -2.28. The fraction of sp³-hybridized carbons (Fsp3) is 0.450. The molecule has 1 aliphatic rings. The Balaban J connectivity index is 1.83. The van der Waals surface area contributed by atoms with E-state index in [2.05, 4.69) is 22.5 Å². The molecule has 0 radical (unpaired) electrons. The van der Waals surface area contributed by atoms with E-state index in [1.807, 2.05) is 31.2 Å². The van der Waals surface area contributed by atoms with Crippen LogP contribution in [0.1, 0.15) is 25.5 Å². The number of anilines is 2. The minimum absolute atomic E-state index is 0.0399. The number of rotatable bonds is 7. The number of carbonyl (C=O) groups is 1. The van der Waals surface area contributed by atoms with Gasteiger partial charge in [-0.25, -0.2) is 9.97 Å². The Kier molecular flexibility index (Phi) is 7.06. The molecule has 0 aliphatic carbocycles. The molecule has 144 valence electrons. The normalized spacial score (nSPS) is 14.2. The third-order valence-electron chi connectivity index (χ3n) is 4.30. The van der Waals surface area contributed by atoms with E-state index in [1.165, 1.54) is 0 Å². The molecule has 1 aliphatic heterocycles. The molecule has 0 bridgehead atoms. The molecule has 1 saturated heterocycles. The maximum atomic E-state index is 11.7. The highest BCUT2D eigenvalue weighted by molar-refractivity contribution is 7.97. The van der Waals surface area contributed by atoms with Crippen LogP contribution in [0.5, 0.6) is 0 Å². The molecule has 1 fully saturated rings. The summed E-state index contributed by atoms with van der Waals surface area (Å²) < 4.78 is 5.45. The number of aromatic nitrogens is 2. The lowest BCUT2D eigenvalue weighted by Crippen LogP contribution is -2.37. The van der Waals surface area contributed by atoms with Gasteiger partial charge in [0.15, 0.2) is 5.82 Å². The van der Waals surface area contributed by atoms with E-state index in [1.54, 1.807) is 11.8 Å². The Morgan fingerprint density at radius 1 is 1.22 bits per heavy atom. The summed E-state index contributed by atoms with van der Waals surface area (Å²) in [6.45, 7) is 5.13. The first-order chi connectivity index (χ1) is 13.2. The Morgan fingerprint density at radius 3 is 2.63 bits per heavy atom. The van der Waals surface area contributed by atoms with Crippen molar-refractivity contribution >= 4 is 29.2 Å². The summed E-state index contributed by atoms with van der Waals surface area (Å²) in [5, 5.41) is 2.91. The van der Waals surface area contributed by atoms with E-state index in [9.17, 15) is 4.79 Å². The minimum atomic E-state index is 0.0399. The van der Waals surface area contributed by atoms with Gasteiger partial charge in [-0.15, -0.1) is 0 Å². The van der Waals surface area contributed by atoms with Crippen molar-refractivity contribution in [2.45, 2.75) is 25.5 Å². The molecule has 6 nitrogen and oxygen atoms in total. The van der Waals surface area contributed by atoms with E-state index >= 15 is 0 Å². The van der Waals surface area contributed by atoms with Gasteiger partial charge in [0.25, 0.3) is 0 Å². The maximum absolute atomic E-state index is 11.7. The second kappa shape index (κ2) is 9.71. The monoisotopic (exact) mass is 386 g/mol. The zero-order valence-electron chi connectivity index (χ0n) is 15.9. The molecule has 2 heterocycles. The number of nitrogens with one attached hydrogen (secondary N) is 1. The zero-order valence-corrected chi connectivity index (χ0v) is 16.7. The van der Waals surface area contributed by atoms with Crippen molar-refractivity contribution in [1.29, 1.82) is 0 Å². The summed E-state index contributed by atoms with van der Waals surface area (Å²) in [7, 11) is 0. The molecule has 1 aromatic carbocycles. The van der Waals surface area contributed by atoms with Crippen molar-refractivity contribution < 1.29 is 9.53 Å². The lowest BCUT2D eigenvalue weighted by atomic mass is 10.2. The molecule has 1 N–H and O–H groups in total. The second-order valence-corrected chi connectivity index (χ2v) is 7.32. The van der Waals surface area contributed by atoms with Gasteiger partial charge in [-0.2, -0.15) is 11.8 Å². The topological polar surface area (TPSA) is 67.4 Å². The van der Waals surface area contributed by atoms with Crippen LogP contribution in [0.3, 0.4) is 0 Å². The summed E-state index contributed by atoms with van der Waals surface area (Å²) in [5.74, 6) is 2.55. The van der Waals surface area contributed by atoms with Crippen LogP contribution in [-0.2, 0) is 15.3 Å². The van der Waals surface area contributed by atoms with Crippen LogP contribution >= 0.6 is 11.8 Å². The molecule has 3 rings (SSSR count). The third-order valence-corrected chi connectivity index (χ3v) is 4.88. The fourth-order valence-electron chi connectivity index (χ4n) is 2.94. The van der Waals surface area contributed by atoms with Crippen LogP contribution in [0, 0.1) is 0 Å². The Bertz CT molecular complexity index is 761. The molecular formula is C20H26N4O2S. The summed E-state index contributed by atoms with van der Waals surface area (Å²) in [6.07, 6.45) is 3.44. The highest BCUT2D eigenvalue weighted by atomic mass is 32.2. The second-order valence-electron chi connectivity index (χ2n) is 6.45. The zero-order chi connectivity index (χ0) is 19.1. The predicted octanol–water partition coefficient (Wildman–Crippen LogP) is 3.58. The summed E-state index contributed by atoms with van der Waals surface area (Å²) in [5.41, 5.74) is 2.76. The van der Waals surface area contributed by atoms with Crippen molar-refractivity contribution in [1.82, 2.24) is 9.97 Å². The van der Waals surface area contributed by atoms with Crippen molar-refractivity contribution in [3.8, 4) is 11.4 Å². The number of amides is 1. The number of ether oxygens (including phenoxy) is 1. The van der Waals surface area contributed by atoms with Gasteiger partial charge < -0.3 is 15.0 Å². The SMILES string of the molecule is CCCC(=O)Nc1ccc(-c2nc(CSC)cc(N3CCOCC3)n2)cc1. The quantitative estimate of drug-likeness (QED) is 0.784. The molecule has 0 unspecified atom stereocenters. The Morgan fingerprint density at radius 2 is 1.96 bits per heavy atom. The third kappa shape index (κ3) is 5.43. The Labute approximate surface area is 164 Å². The standard InChI is InChI=1S/C20H26N4O2S/c1-3-4-19(25)21-16-7-5-15(6-8-16)20-22-17(14-27-2)13-18(23-20)24-9-11-26-12-10-24/h5-8,13H,3-4,9-12,14H2,1-2H3,(H,21,25). The van der Waals surface area contributed by atoms with Gasteiger partial charge in [0.2, 0.25) is 5.91 Å². The first-order valence-electron chi connectivity index (χ1n) is 9.29. The van der Waals surface area contributed by atoms with Crippen LogP contribution in [0.15, 0.2) is 30.3 Å². The van der Waals surface area contributed by atoms with Crippen molar-refractivity contribution in [3.63, 3.8) is 0 Å². The van der Waals surface area contributed by atoms with Gasteiger partial charge in [-0.05, 0) is 36.9 Å². The fourth-order valence-corrected chi connectivity index (χ4v) is 3.39. The lowest BCUT2D eigenvalue weighted by molar-refractivity contribution is -0.116. The van der Waals surface area contributed by atoms with E-state index in [-0.39, 0.29) is 5.91 Å². The van der Waals surface area contributed by atoms with Crippen molar-refractivity contribution in [2.75, 3.05) is 42.8 Å². The van der Waals surface area contributed by atoms with Gasteiger partial charge in [0.05, 0.1) is 18.9 Å². The number of hydrogen-bond donors (Lipinski definition) is 1. The number of nitrogens with zero attached hydrogens (tertiary/aromatic N) is 3. The van der Waals surface area contributed by atoms with E-state index in [4.69, 9.17) is 14.7 Å². The van der Waals surface area contributed by atoms with Crippen LogP contribution in [0.2, 0.25) is 0 Å². The highest BCUT2D eigenvalue weighted by Gasteiger charge is 2.15. The summed E-state index contributed by atoms with van der Waals surface area (Å²) >= 11 is 1.75. The molecule has 0 atom stereocenters. The van der Waals surface area contributed by atoms with Gasteiger partial charge in [0.1, 0.15) is 5.82 Å². The molecule has 0 saturated carbocycles. The number of thioether (sulfide) groups is 1. The van der Waals surface area contributed by atoms with Gasteiger partial charge in [0, 0.05) is 42.6 Å². The first-order valence-corrected chi connectivity index (χ1v) is 10.7. The molecule has 7 heteroatoms. The number of hydrogen-bond acceptors (Lipinski definition) is 6. The van der Waals surface area contributed by atoms with Crippen LogP contribution in [0.25, 0.3) is 11.4 Å². The minimum Gasteiger partial charge on any atom is -0.378 e. The largest absolute Gasteiger partial charge is 0.378 e. The molecule has 1 amide bonds. The average molecular weight is 387 g/mol. The van der Waals surface area contributed by atoms with E-state index in [0.717, 1.165) is 67.1 Å². The Hall–Kier alpha value is -2.12. The van der Waals surface area contributed by atoms with Gasteiger partial charge in [-0.1, -0.05) is 6.92 Å². The first kappa shape index (κ1) is 19.6. The number of morpholine rings is 1. The summed E-state index contributed by atoms with van der Waals surface area (Å²) in [4.78, 5) is 23.5. The molecule has 2 aromatic rings. The van der Waals surface area contributed by atoms with Crippen LogP contribution in [0.4, 0.5) is 11.5 Å². The average Bonchev–Trinajstić information content (AvgIpc) is 2.69. The predicted molar refractivity (Wildman–Crippen MR) is 111 cm³/mol. The molecule has 1 aromatic heterocycles. The maximum Gasteiger partial charge on any atom is 0.224 e. The summed E-state index contributed by atoms with van der Waals surface area (Å²) in [6, 6.07) is 9.81. The van der Waals surface area contributed by atoms with Gasteiger partial charge >= 0.3 is 0 Å². The molecular weight excluding hydrogens is 360 g/mol. The van der Waals surface area contributed by atoms with Crippen molar-refractivity contribution in [3.05, 3.63) is 36.0 Å². The molecule has 27 heavy (non-hydrogen) atoms. The van der Waals surface area contributed by atoms with Gasteiger partial charge in [-0.3, -0.25) is 4.79 Å². The van der Waals surface area contributed by atoms with E-state index < -0.39 is 0 Å². The van der Waals surface area contributed by atoms with Crippen LogP contribution < -0.4 is 10.2 Å². The smallest absolute Gasteiger partial charge is 0.224 e. The number of carbonyl (C=O) groups excluding carboxylic acids is 1. The number of benzene rings is 1. The molecule has 0 spiro atoms. The highest BCUT2D eigenvalue weighted by Crippen LogP contribution is 2.24. The van der Waals surface area contributed by atoms with Crippen molar-refractivity contribution in [2.24, 2.45) is 0 Å². The van der Waals surface area contributed by atoms with Crippen LogP contribution in [-0.4, -0.2) is 48.4 Å².